The standard InChI is InChI=1S/C15H25ClO2/c1-5-7-8-12-11(4)14(16)15(17)13(12)10(3)9-18-6-2/h10,12-13H,5-9H2,1-4H3/t10?,12-,13+/m0/s1. The molecule has 1 aliphatic carbocycles. The molecule has 0 radical (unpaired) electrons. The van der Waals surface area contributed by atoms with Crippen LogP contribution in [0.3, 0.4) is 0 Å². The number of Topliss-reactive ketones (excluding diaryl/α,β-unsaturated/α-hetero) is 1. The Hall–Kier alpha value is -0.340. The van der Waals surface area contributed by atoms with Crippen LogP contribution >= 0.6 is 11.6 Å². The molecule has 0 aromatic rings. The van der Waals surface area contributed by atoms with Crippen molar-refractivity contribution < 1.29 is 9.53 Å². The van der Waals surface area contributed by atoms with E-state index in [9.17, 15) is 4.79 Å². The molecule has 0 saturated heterocycles. The van der Waals surface area contributed by atoms with Crippen LogP contribution in [0.5, 0.6) is 0 Å². The highest BCUT2D eigenvalue weighted by Crippen LogP contribution is 2.42. The van der Waals surface area contributed by atoms with E-state index in [1.54, 1.807) is 0 Å². The monoisotopic (exact) mass is 272 g/mol. The van der Waals surface area contributed by atoms with E-state index in [0.29, 0.717) is 24.2 Å². The number of allylic oxidation sites excluding steroid dienone is 2. The minimum atomic E-state index is 0.0237. The average Bonchev–Trinajstić information content (AvgIpc) is 2.58. The molecule has 3 atom stereocenters. The third kappa shape index (κ3) is 3.36. The zero-order chi connectivity index (χ0) is 13.7. The predicted molar refractivity (Wildman–Crippen MR) is 75.7 cm³/mol. The van der Waals surface area contributed by atoms with Crippen molar-refractivity contribution in [2.75, 3.05) is 13.2 Å². The summed E-state index contributed by atoms with van der Waals surface area (Å²) in [4.78, 5) is 12.2. The van der Waals surface area contributed by atoms with Crippen LogP contribution in [0.2, 0.25) is 0 Å². The molecule has 0 amide bonds. The number of ketones is 1. The molecule has 3 heteroatoms. The van der Waals surface area contributed by atoms with Crippen LogP contribution in [-0.4, -0.2) is 19.0 Å². The first-order chi connectivity index (χ1) is 8.54. The van der Waals surface area contributed by atoms with E-state index in [-0.39, 0.29) is 17.6 Å². The van der Waals surface area contributed by atoms with Crippen molar-refractivity contribution in [1.82, 2.24) is 0 Å². The fraction of sp³-hybridized carbons (Fsp3) is 0.800. The van der Waals surface area contributed by atoms with Crippen molar-refractivity contribution in [3.8, 4) is 0 Å². The summed E-state index contributed by atoms with van der Waals surface area (Å²) in [5.74, 6) is 0.712. The Kier molecular flexibility index (Phi) is 6.37. The summed E-state index contributed by atoms with van der Waals surface area (Å²) < 4.78 is 5.47. The van der Waals surface area contributed by atoms with Crippen LogP contribution in [0.1, 0.15) is 47.0 Å². The summed E-state index contributed by atoms with van der Waals surface area (Å²) in [5.41, 5.74) is 1.09. The second-order valence-corrected chi connectivity index (χ2v) is 5.65. The van der Waals surface area contributed by atoms with E-state index in [0.717, 1.165) is 24.8 Å². The Morgan fingerprint density at radius 2 is 2.06 bits per heavy atom. The van der Waals surface area contributed by atoms with Crippen LogP contribution in [0, 0.1) is 17.8 Å². The molecule has 2 nitrogen and oxygen atoms in total. The molecule has 0 aliphatic heterocycles. The maximum absolute atomic E-state index is 12.2. The maximum atomic E-state index is 12.2. The quantitative estimate of drug-likeness (QED) is 0.695. The fourth-order valence-corrected chi connectivity index (χ4v) is 3.10. The van der Waals surface area contributed by atoms with Crippen molar-refractivity contribution in [3.63, 3.8) is 0 Å². The van der Waals surface area contributed by atoms with Gasteiger partial charge in [-0.15, -0.1) is 0 Å². The van der Waals surface area contributed by atoms with Gasteiger partial charge in [0.25, 0.3) is 0 Å². The van der Waals surface area contributed by atoms with E-state index >= 15 is 0 Å². The number of carbonyl (C=O) groups excluding carboxylic acids is 1. The van der Waals surface area contributed by atoms with Gasteiger partial charge in [0.05, 0.1) is 5.03 Å². The van der Waals surface area contributed by atoms with Crippen molar-refractivity contribution in [2.24, 2.45) is 17.8 Å². The minimum Gasteiger partial charge on any atom is -0.381 e. The third-order valence-electron chi connectivity index (χ3n) is 3.92. The van der Waals surface area contributed by atoms with Crippen LogP contribution in [0.25, 0.3) is 0 Å². The Bertz CT molecular complexity index is 322. The van der Waals surface area contributed by atoms with Gasteiger partial charge in [0, 0.05) is 19.1 Å². The maximum Gasteiger partial charge on any atom is 0.178 e. The zero-order valence-corrected chi connectivity index (χ0v) is 12.7. The summed E-state index contributed by atoms with van der Waals surface area (Å²) in [6, 6.07) is 0. The largest absolute Gasteiger partial charge is 0.381 e. The first kappa shape index (κ1) is 15.7. The molecule has 0 saturated carbocycles. The third-order valence-corrected chi connectivity index (χ3v) is 4.41. The van der Waals surface area contributed by atoms with E-state index in [2.05, 4.69) is 13.8 Å². The van der Waals surface area contributed by atoms with Crippen LogP contribution in [0.4, 0.5) is 0 Å². The topological polar surface area (TPSA) is 26.3 Å². The fourth-order valence-electron chi connectivity index (χ4n) is 2.84. The lowest BCUT2D eigenvalue weighted by molar-refractivity contribution is -0.121. The molecule has 0 spiro atoms. The number of unbranched alkanes of at least 4 members (excludes halogenated alkanes) is 1. The van der Waals surface area contributed by atoms with E-state index < -0.39 is 0 Å². The summed E-state index contributed by atoms with van der Waals surface area (Å²) in [5, 5.41) is 0.476. The van der Waals surface area contributed by atoms with Gasteiger partial charge in [-0.2, -0.15) is 0 Å². The molecule has 0 bridgehead atoms. The lowest BCUT2D eigenvalue weighted by Gasteiger charge is -2.25. The molecule has 18 heavy (non-hydrogen) atoms. The summed E-state index contributed by atoms with van der Waals surface area (Å²) >= 11 is 6.15. The lowest BCUT2D eigenvalue weighted by atomic mass is 9.79. The predicted octanol–water partition coefficient (Wildman–Crippen LogP) is 4.18. The van der Waals surface area contributed by atoms with Crippen LogP contribution < -0.4 is 0 Å². The highest BCUT2D eigenvalue weighted by Gasteiger charge is 2.41. The molecule has 0 fully saturated rings. The summed E-state index contributed by atoms with van der Waals surface area (Å²) in [7, 11) is 0. The number of carbonyl (C=O) groups is 1. The molecule has 0 aromatic heterocycles. The van der Waals surface area contributed by atoms with E-state index in [1.807, 2.05) is 13.8 Å². The SMILES string of the molecule is CCCC[C@H]1C(C)=C(Cl)C(=O)[C@@H]1C(C)COCC. The first-order valence-corrected chi connectivity index (χ1v) is 7.40. The van der Waals surface area contributed by atoms with Gasteiger partial charge in [-0.25, -0.2) is 0 Å². The van der Waals surface area contributed by atoms with Gasteiger partial charge in [-0.3, -0.25) is 4.79 Å². The summed E-state index contributed by atoms with van der Waals surface area (Å²) in [6.45, 7) is 9.61. The molecule has 0 N–H and O–H groups in total. The Morgan fingerprint density at radius 3 is 2.61 bits per heavy atom. The molecular weight excluding hydrogens is 248 g/mol. The van der Waals surface area contributed by atoms with E-state index in [4.69, 9.17) is 16.3 Å². The van der Waals surface area contributed by atoms with Gasteiger partial charge in [0.2, 0.25) is 0 Å². The van der Waals surface area contributed by atoms with Crippen molar-refractivity contribution in [3.05, 3.63) is 10.6 Å². The highest BCUT2D eigenvalue weighted by molar-refractivity contribution is 6.44. The van der Waals surface area contributed by atoms with E-state index in [1.165, 1.54) is 0 Å². The molecule has 104 valence electrons. The van der Waals surface area contributed by atoms with Crippen molar-refractivity contribution >= 4 is 17.4 Å². The number of hydrogen-bond acceptors (Lipinski definition) is 2. The van der Waals surface area contributed by atoms with Gasteiger partial charge in [-0.05, 0) is 37.7 Å². The highest BCUT2D eigenvalue weighted by atomic mass is 35.5. The minimum absolute atomic E-state index is 0.0237. The smallest absolute Gasteiger partial charge is 0.178 e. The average molecular weight is 273 g/mol. The van der Waals surface area contributed by atoms with Crippen molar-refractivity contribution in [1.29, 1.82) is 0 Å². The number of ether oxygens (including phenoxy) is 1. The summed E-state index contributed by atoms with van der Waals surface area (Å²) in [6.07, 6.45) is 3.37. The molecule has 1 rings (SSSR count). The van der Waals surface area contributed by atoms with Crippen LogP contribution in [-0.2, 0) is 9.53 Å². The lowest BCUT2D eigenvalue weighted by Crippen LogP contribution is -2.28. The van der Waals surface area contributed by atoms with Crippen molar-refractivity contribution in [2.45, 2.75) is 47.0 Å². The van der Waals surface area contributed by atoms with Gasteiger partial charge in [0.15, 0.2) is 5.78 Å². The Morgan fingerprint density at radius 1 is 1.39 bits per heavy atom. The Balaban J connectivity index is 2.77. The number of halogens is 1. The second-order valence-electron chi connectivity index (χ2n) is 5.27. The second kappa shape index (κ2) is 7.30. The molecule has 0 aromatic carbocycles. The van der Waals surface area contributed by atoms with Gasteiger partial charge in [-0.1, -0.05) is 38.3 Å². The zero-order valence-electron chi connectivity index (χ0n) is 12.0. The normalized spacial score (nSPS) is 25.9. The number of rotatable bonds is 7. The van der Waals surface area contributed by atoms with Gasteiger partial charge in [0.1, 0.15) is 0 Å². The molecular formula is C15H25ClO2. The van der Waals surface area contributed by atoms with Gasteiger partial charge < -0.3 is 4.74 Å². The van der Waals surface area contributed by atoms with Crippen LogP contribution in [0.15, 0.2) is 10.6 Å². The molecule has 0 heterocycles. The number of hydrogen-bond donors (Lipinski definition) is 0. The molecule has 1 unspecified atom stereocenters. The first-order valence-electron chi connectivity index (χ1n) is 7.02. The Labute approximate surface area is 116 Å². The van der Waals surface area contributed by atoms with Gasteiger partial charge >= 0.3 is 0 Å². The molecule has 1 aliphatic rings.